The second kappa shape index (κ2) is 4.29. The van der Waals surface area contributed by atoms with Gasteiger partial charge in [0.1, 0.15) is 0 Å². The summed E-state index contributed by atoms with van der Waals surface area (Å²) < 4.78 is 0. The van der Waals surface area contributed by atoms with Gasteiger partial charge in [0.05, 0.1) is 0 Å². The van der Waals surface area contributed by atoms with Crippen LogP contribution in [0.2, 0.25) is 5.02 Å². The average Bonchev–Trinajstić information content (AvgIpc) is 3.12. The normalized spacial score (nSPS) is 22.1. The Hall–Kier alpha value is -0.990. The number of nitrogens with one attached hydrogen (secondary N) is 1. The maximum Gasteiger partial charge on any atom is 0.0455 e. The van der Waals surface area contributed by atoms with E-state index in [1.165, 1.54) is 18.5 Å². The highest BCUT2D eigenvalue weighted by molar-refractivity contribution is 6.31. The van der Waals surface area contributed by atoms with Crippen molar-refractivity contribution in [3.05, 3.63) is 41.1 Å². The molecule has 1 aliphatic heterocycles. The molecule has 1 aromatic carbocycles. The second-order valence-electron chi connectivity index (χ2n) is 5.64. The SMILES string of the molecule is C=C1CNCC2(CC2)CN1c1cccc(Cl)c1C. The van der Waals surface area contributed by atoms with Gasteiger partial charge >= 0.3 is 0 Å². The Morgan fingerprint density at radius 1 is 1.39 bits per heavy atom. The van der Waals surface area contributed by atoms with Gasteiger partial charge in [0, 0.05) is 41.5 Å². The minimum Gasteiger partial charge on any atom is -0.344 e. The number of anilines is 1. The Bertz CT molecular complexity index is 491. The van der Waals surface area contributed by atoms with Crippen molar-refractivity contribution in [2.24, 2.45) is 5.41 Å². The first-order valence-electron chi connectivity index (χ1n) is 6.52. The molecule has 1 N–H and O–H groups in total. The summed E-state index contributed by atoms with van der Waals surface area (Å²) in [5.41, 5.74) is 3.97. The molecular formula is C15H19ClN2. The van der Waals surface area contributed by atoms with Crippen LogP contribution in [-0.2, 0) is 0 Å². The third-order valence-corrected chi connectivity index (χ3v) is 4.60. The van der Waals surface area contributed by atoms with Crippen molar-refractivity contribution in [3.63, 3.8) is 0 Å². The van der Waals surface area contributed by atoms with E-state index < -0.39 is 0 Å². The topological polar surface area (TPSA) is 15.3 Å². The average molecular weight is 263 g/mol. The molecule has 1 spiro atoms. The summed E-state index contributed by atoms with van der Waals surface area (Å²) in [5, 5.41) is 4.34. The highest BCUT2D eigenvalue weighted by atomic mass is 35.5. The zero-order valence-electron chi connectivity index (χ0n) is 10.8. The van der Waals surface area contributed by atoms with Gasteiger partial charge in [0.15, 0.2) is 0 Å². The Balaban J connectivity index is 1.97. The first kappa shape index (κ1) is 12.1. The Labute approximate surface area is 114 Å². The van der Waals surface area contributed by atoms with E-state index in [-0.39, 0.29) is 0 Å². The summed E-state index contributed by atoms with van der Waals surface area (Å²) in [5.74, 6) is 0. The standard InChI is InChI=1S/C15H19ClN2/c1-11-8-17-9-15(6-7-15)10-18(11)14-5-3-4-13(16)12(14)2/h3-5,17H,1,6-10H2,2H3. The minimum absolute atomic E-state index is 0.466. The number of hydrogen-bond acceptors (Lipinski definition) is 2. The van der Waals surface area contributed by atoms with Crippen molar-refractivity contribution in [2.45, 2.75) is 19.8 Å². The number of benzene rings is 1. The van der Waals surface area contributed by atoms with Crippen molar-refractivity contribution < 1.29 is 0 Å². The fraction of sp³-hybridized carbons (Fsp3) is 0.467. The molecular weight excluding hydrogens is 244 g/mol. The van der Waals surface area contributed by atoms with E-state index in [2.05, 4.69) is 29.8 Å². The van der Waals surface area contributed by atoms with E-state index in [4.69, 9.17) is 11.6 Å². The van der Waals surface area contributed by atoms with E-state index in [1.54, 1.807) is 0 Å². The molecule has 0 atom stereocenters. The highest BCUT2D eigenvalue weighted by Gasteiger charge is 2.45. The van der Waals surface area contributed by atoms with Crippen LogP contribution in [0.4, 0.5) is 5.69 Å². The van der Waals surface area contributed by atoms with Gasteiger partial charge in [0.25, 0.3) is 0 Å². The Morgan fingerprint density at radius 2 is 2.17 bits per heavy atom. The van der Waals surface area contributed by atoms with Crippen LogP contribution in [0.15, 0.2) is 30.5 Å². The Kier molecular flexibility index (Phi) is 2.87. The zero-order valence-corrected chi connectivity index (χ0v) is 11.6. The van der Waals surface area contributed by atoms with E-state index in [0.29, 0.717) is 5.41 Å². The predicted molar refractivity (Wildman–Crippen MR) is 77.2 cm³/mol. The van der Waals surface area contributed by atoms with Gasteiger partial charge in [-0.2, -0.15) is 0 Å². The first-order chi connectivity index (χ1) is 8.61. The predicted octanol–water partition coefficient (Wildman–Crippen LogP) is 3.35. The van der Waals surface area contributed by atoms with Crippen molar-refractivity contribution in [1.29, 1.82) is 0 Å². The highest BCUT2D eigenvalue weighted by Crippen LogP contribution is 2.48. The molecule has 3 heteroatoms. The molecule has 0 radical (unpaired) electrons. The number of nitrogens with zero attached hydrogens (tertiary/aromatic N) is 1. The van der Waals surface area contributed by atoms with Gasteiger partial charge in [-0.3, -0.25) is 0 Å². The van der Waals surface area contributed by atoms with Crippen LogP contribution in [0, 0.1) is 12.3 Å². The van der Waals surface area contributed by atoms with E-state index in [1.807, 2.05) is 12.1 Å². The van der Waals surface area contributed by atoms with Crippen molar-refractivity contribution in [2.75, 3.05) is 24.5 Å². The van der Waals surface area contributed by atoms with Gasteiger partial charge < -0.3 is 10.2 Å². The summed E-state index contributed by atoms with van der Waals surface area (Å²) in [6, 6.07) is 6.12. The summed E-state index contributed by atoms with van der Waals surface area (Å²) in [7, 11) is 0. The monoisotopic (exact) mass is 262 g/mol. The van der Waals surface area contributed by atoms with Gasteiger partial charge in [-0.25, -0.2) is 0 Å². The fourth-order valence-electron chi connectivity index (χ4n) is 2.73. The molecule has 1 saturated carbocycles. The molecule has 1 aliphatic carbocycles. The van der Waals surface area contributed by atoms with E-state index >= 15 is 0 Å². The van der Waals surface area contributed by atoms with Crippen LogP contribution >= 0.6 is 11.6 Å². The lowest BCUT2D eigenvalue weighted by molar-refractivity contribution is 0.501. The summed E-state index contributed by atoms with van der Waals surface area (Å²) in [6.45, 7) is 9.35. The van der Waals surface area contributed by atoms with Gasteiger partial charge in [-0.15, -0.1) is 0 Å². The zero-order chi connectivity index (χ0) is 12.8. The molecule has 1 saturated heterocycles. The fourth-order valence-corrected chi connectivity index (χ4v) is 2.90. The summed E-state index contributed by atoms with van der Waals surface area (Å²) >= 11 is 6.24. The van der Waals surface area contributed by atoms with E-state index in [9.17, 15) is 0 Å². The molecule has 0 aromatic heterocycles. The molecule has 96 valence electrons. The third-order valence-electron chi connectivity index (χ3n) is 4.19. The molecule has 2 fully saturated rings. The molecule has 2 nitrogen and oxygen atoms in total. The molecule has 1 heterocycles. The maximum absolute atomic E-state index is 6.24. The lowest BCUT2D eigenvalue weighted by Crippen LogP contribution is -2.29. The minimum atomic E-state index is 0.466. The molecule has 18 heavy (non-hydrogen) atoms. The van der Waals surface area contributed by atoms with Crippen molar-refractivity contribution >= 4 is 17.3 Å². The third kappa shape index (κ3) is 2.04. The van der Waals surface area contributed by atoms with Crippen molar-refractivity contribution in [3.8, 4) is 0 Å². The lowest BCUT2D eigenvalue weighted by atomic mass is 10.1. The van der Waals surface area contributed by atoms with Crippen LogP contribution in [0.25, 0.3) is 0 Å². The van der Waals surface area contributed by atoms with Crippen LogP contribution in [0.5, 0.6) is 0 Å². The lowest BCUT2D eigenvalue weighted by Gasteiger charge is -2.29. The van der Waals surface area contributed by atoms with Gasteiger partial charge in [0.2, 0.25) is 0 Å². The number of rotatable bonds is 1. The number of hydrogen-bond donors (Lipinski definition) is 1. The Morgan fingerprint density at radius 3 is 2.89 bits per heavy atom. The smallest absolute Gasteiger partial charge is 0.0455 e. The molecule has 0 unspecified atom stereocenters. The molecule has 0 bridgehead atoms. The second-order valence-corrected chi connectivity index (χ2v) is 6.05. The first-order valence-corrected chi connectivity index (χ1v) is 6.90. The van der Waals surface area contributed by atoms with Crippen molar-refractivity contribution in [1.82, 2.24) is 5.32 Å². The van der Waals surface area contributed by atoms with E-state index in [0.717, 1.165) is 35.9 Å². The van der Waals surface area contributed by atoms with Crippen LogP contribution in [-0.4, -0.2) is 19.6 Å². The quantitative estimate of drug-likeness (QED) is 0.835. The molecule has 2 aliphatic rings. The molecule has 3 rings (SSSR count). The van der Waals surface area contributed by atoms with Gasteiger partial charge in [-0.05, 0) is 37.5 Å². The van der Waals surface area contributed by atoms with Crippen LogP contribution in [0.3, 0.4) is 0 Å². The van der Waals surface area contributed by atoms with Crippen LogP contribution < -0.4 is 10.2 Å². The summed E-state index contributed by atoms with van der Waals surface area (Å²) in [4.78, 5) is 2.36. The largest absolute Gasteiger partial charge is 0.344 e. The summed E-state index contributed by atoms with van der Waals surface area (Å²) in [6.07, 6.45) is 2.65. The molecule has 1 aromatic rings. The van der Waals surface area contributed by atoms with Gasteiger partial charge in [-0.1, -0.05) is 24.2 Å². The molecule has 0 amide bonds. The number of halogens is 1. The van der Waals surface area contributed by atoms with Crippen LogP contribution in [0.1, 0.15) is 18.4 Å². The maximum atomic E-state index is 6.24.